The summed E-state index contributed by atoms with van der Waals surface area (Å²) in [7, 11) is 0. The van der Waals surface area contributed by atoms with E-state index < -0.39 is 0 Å². The topological polar surface area (TPSA) is 17.1 Å². The zero-order valence-electron chi connectivity index (χ0n) is 15.6. The van der Waals surface area contributed by atoms with Gasteiger partial charge in [-0.05, 0) is 85.5 Å². The standard InChI is InChI=1S/C23H32O/c1-5-15(2)19-8-9-20-18-7-6-16-14-17(24)10-12-22(16,3)21(18)11-13-23(19,20)4/h1,14-15,18-21H,6-13H2,2-4H3. The Bertz CT molecular complexity index is 622. The lowest BCUT2D eigenvalue weighted by molar-refractivity contribution is -0.117. The van der Waals surface area contributed by atoms with Gasteiger partial charge in [-0.3, -0.25) is 4.79 Å². The maximum atomic E-state index is 11.9. The summed E-state index contributed by atoms with van der Waals surface area (Å²) in [5.41, 5.74) is 2.23. The molecule has 7 atom stereocenters. The molecule has 24 heavy (non-hydrogen) atoms. The molecule has 0 spiro atoms. The van der Waals surface area contributed by atoms with Crippen molar-refractivity contribution in [2.45, 2.75) is 72.1 Å². The largest absolute Gasteiger partial charge is 0.295 e. The molecule has 0 heterocycles. The highest BCUT2D eigenvalue weighted by molar-refractivity contribution is 5.91. The number of hydrogen-bond acceptors (Lipinski definition) is 1. The lowest BCUT2D eigenvalue weighted by atomic mass is 9.46. The molecule has 0 aliphatic heterocycles. The normalized spacial score (nSPS) is 48.6. The van der Waals surface area contributed by atoms with Crippen molar-refractivity contribution in [2.75, 3.05) is 0 Å². The van der Waals surface area contributed by atoms with Gasteiger partial charge in [0, 0.05) is 12.3 Å². The summed E-state index contributed by atoms with van der Waals surface area (Å²) in [4.78, 5) is 11.9. The zero-order chi connectivity index (χ0) is 17.1. The molecule has 3 saturated carbocycles. The van der Waals surface area contributed by atoms with Gasteiger partial charge in [0.25, 0.3) is 0 Å². The first-order valence-electron chi connectivity index (χ1n) is 10.1. The third-order valence-corrected chi connectivity index (χ3v) is 8.90. The number of carbonyl (C=O) groups is 1. The molecule has 0 N–H and O–H groups in total. The molecule has 4 aliphatic rings. The average molecular weight is 325 g/mol. The second-order valence-corrected chi connectivity index (χ2v) is 9.65. The van der Waals surface area contributed by atoms with E-state index >= 15 is 0 Å². The van der Waals surface area contributed by atoms with Crippen LogP contribution in [0.2, 0.25) is 0 Å². The van der Waals surface area contributed by atoms with Crippen LogP contribution < -0.4 is 0 Å². The van der Waals surface area contributed by atoms with Crippen molar-refractivity contribution < 1.29 is 4.79 Å². The second kappa shape index (κ2) is 5.48. The summed E-state index contributed by atoms with van der Waals surface area (Å²) in [5, 5.41) is 0. The van der Waals surface area contributed by atoms with Crippen LogP contribution in [0.5, 0.6) is 0 Å². The molecule has 7 unspecified atom stereocenters. The quantitative estimate of drug-likeness (QED) is 0.590. The number of terminal acetylenes is 1. The molecule has 0 saturated heterocycles. The minimum atomic E-state index is 0.300. The Labute approximate surface area is 147 Å². The van der Waals surface area contributed by atoms with Crippen LogP contribution in [0.1, 0.15) is 72.1 Å². The summed E-state index contributed by atoms with van der Waals surface area (Å²) in [6, 6.07) is 0. The Morgan fingerprint density at radius 2 is 1.92 bits per heavy atom. The summed E-state index contributed by atoms with van der Waals surface area (Å²) in [5.74, 6) is 7.05. The van der Waals surface area contributed by atoms with Crippen LogP contribution in [0.3, 0.4) is 0 Å². The maximum Gasteiger partial charge on any atom is 0.155 e. The molecule has 0 aromatic carbocycles. The Kier molecular flexibility index (Phi) is 3.76. The molecule has 0 aromatic rings. The molecule has 1 nitrogen and oxygen atoms in total. The van der Waals surface area contributed by atoms with Crippen molar-refractivity contribution >= 4 is 5.78 Å². The van der Waals surface area contributed by atoms with Gasteiger partial charge in [0.1, 0.15) is 0 Å². The monoisotopic (exact) mass is 324 g/mol. The molecule has 3 fully saturated rings. The van der Waals surface area contributed by atoms with E-state index in [0.29, 0.717) is 28.4 Å². The van der Waals surface area contributed by atoms with Crippen LogP contribution in [-0.2, 0) is 4.79 Å². The van der Waals surface area contributed by atoms with Crippen LogP contribution in [0.15, 0.2) is 11.6 Å². The fourth-order valence-corrected chi connectivity index (χ4v) is 7.54. The first-order valence-corrected chi connectivity index (χ1v) is 10.1. The van der Waals surface area contributed by atoms with Crippen molar-refractivity contribution in [3.63, 3.8) is 0 Å². The fourth-order valence-electron chi connectivity index (χ4n) is 7.54. The summed E-state index contributed by atoms with van der Waals surface area (Å²) in [6.07, 6.45) is 17.5. The molecule has 4 aliphatic carbocycles. The minimum Gasteiger partial charge on any atom is -0.295 e. The highest BCUT2D eigenvalue weighted by Gasteiger charge is 2.59. The van der Waals surface area contributed by atoms with Crippen molar-refractivity contribution in [1.82, 2.24) is 0 Å². The van der Waals surface area contributed by atoms with Crippen LogP contribution in [0, 0.1) is 52.8 Å². The van der Waals surface area contributed by atoms with Crippen LogP contribution in [0.25, 0.3) is 0 Å². The lowest BCUT2D eigenvalue weighted by Gasteiger charge is -2.58. The lowest BCUT2D eigenvalue weighted by Crippen LogP contribution is -2.50. The number of fused-ring (bicyclic) bond motifs is 5. The van der Waals surface area contributed by atoms with E-state index in [1.54, 1.807) is 0 Å². The van der Waals surface area contributed by atoms with Crippen LogP contribution >= 0.6 is 0 Å². The van der Waals surface area contributed by atoms with Crippen molar-refractivity contribution in [3.8, 4) is 12.3 Å². The average Bonchev–Trinajstić information content (AvgIpc) is 2.92. The number of rotatable bonds is 1. The maximum absolute atomic E-state index is 11.9. The Hall–Kier alpha value is -1.03. The third kappa shape index (κ3) is 2.11. The van der Waals surface area contributed by atoms with Gasteiger partial charge in [0.2, 0.25) is 0 Å². The van der Waals surface area contributed by atoms with E-state index in [0.717, 1.165) is 37.0 Å². The van der Waals surface area contributed by atoms with Gasteiger partial charge in [-0.15, -0.1) is 12.3 Å². The van der Waals surface area contributed by atoms with E-state index in [2.05, 4.69) is 26.7 Å². The van der Waals surface area contributed by atoms with Crippen molar-refractivity contribution in [1.29, 1.82) is 0 Å². The number of hydrogen-bond donors (Lipinski definition) is 0. The smallest absolute Gasteiger partial charge is 0.155 e. The number of carbonyl (C=O) groups excluding carboxylic acids is 1. The highest BCUT2D eigenvalue weighted by atomic mass is 16.1. The summed E-state index contributed by atoms with van der Waals surface area (Å²) < 4.78 is 0. The van der Waals surface area contributed by atoms with E-state index in [1.165, 1.54) is 37.7 Å². The van der Waals surface area contributed by atoms with Gasteiger partial charge in [-0.2, -0.15) is 0 Å². The van der Waals surface area contributed by atoms with Gasteiger partial charge >= 0.3 is 0 Å². The highest BCUT2D eigenvalue weighted by Crippen LogP contribution is 2.67. The number of ketones is 1. The van der Waals surface area contributed by atoms with Gasteiger partial charge in [-0.1, -0.05) is 26.3 Å². The first-order chi connectivity index (χ1) is 11.4. The van der Waals surface area contributed by atoms with Gasteiger partial charge in [-0.25, -0.2) is 0 Å². The Balaban J connectivity index is 1.65. The molecule has 0 bridgehead atoms. The van der Waals surface area contributed by atoms with E-state index in [9.17, 15) is 4.79 Å². The molecule has 1 heteroatoms. The van der Waals surface area contributed by atoms with Gasteiger partial charge in [0.05, 0.1) is 0 Å². The summed E-state index contributed by atoms with van der Waals surface area (Å²) >= 11 is 0. The van der Waals surface area contributed by atoms with Crippen molar-refractivity contribution in [3.05, 3.63) is 11.6 Å². The molecular formula is C23H32O. The summed E-state index contributed by atoms with van der Waals surface area (Å²) in [6.45, 7) is 7.29. The van der Waals surface area contributed by atoms with Crippen LogP contribution in [0.4, 0.5) is 0 Å². The molecule has 0 radical (unpaired) electrons. The fraction of sp³-hybridized carbons (Fsp3) is 0.783. The molecule has 130 valence electrons. The third-order valence-electron chi connectivity index (χ3n) is 8.90. The van der Waals surface area contributed by atoms with E-state index in [-0.39, 0.29) is 0 Å². The van der Waals surface area contributed by atoms with E-state index in [4.69, 9.17) is 6.42 Å². The second-order valence-electron chi connectivity index (χ2n) is 9.65. The Morgan fingerprint density at radius 1 is 1.12 bits per heavy atom. The van der Waals surface area contributed by atoms with Gasteiger partial charge in [0.15, 0.2) is 5.78 Å². The predicted octanol–water partition coefficient (Wildman–Crippen LogP) is 5.40. The number of allylic oxidation sites excluding steroid dienone is 1. The minimum absolute atomic E-state index is 0.300. The Morgan fingerprint density at radius 3 is 2.67 bits per heavy atom. The van der Waals surface area contributed by atoms with Crippen molar-refractivity contribution in [2.24, 2.45) is 40.4 Å². The zero-order valence-corrected chi connectivity index (χ0v) is 15.6. The predicted molar refractivity (Wildman–Crippen MR) is 98.2 cm³/mol. The van der Waals surface area contributed by atoms with Gasteiger partial charge < -0.3 is 0 Å². The van der Waals surface area contributed by atoms with Crippen LogP contribution in [-0.4, -0.2) is 5.78 Å². The molecule has 0 aromatic heterocycles. The first kappa shape index (κ1) is 16.4. The molecule has 4 rings (SSSR count). The molecule has 0 amide bonds. The van der Waals surface area contributed by atoms with E-state index in [1.807, 2.05) is 6.08 Å². The SMILES string of the molecule is C#CC(C)C1CCC2C3CCC4=CC(=O)CCC4(C)C3CCC12C. The molecular weight excluding hydrogens is 292 g/mol.